The summed E-state index contributed by atoms with van der Waals surface area (Å²) in [4.78, 5) is 13.7. The largest absolute Gasteiger partial charge is 0.494 e. The van der Waals surface area contributed by atoms with Gasteiger partial charge in [0.25, 0.3) is 0 Å². The third-order valence-corrected chi connectivity index (χ3v) is 3.89. The number of ether oxygens (including phenoxy) is 2. The summed E-state index contributed by atoms with van der Waals surface area (Å²) in [7, 11) is 0. The van der Waals surface area contributed by atoms with E-state index in [9.17, 15) is 4.79 Å². The van der Waals surface area contributed by atoms with E-state index in [0.29, 0.717) is 12.2 Å². The number of hydrogen-bond donors (Lipinski definition) is 0. The van der Waals surface area contributed by atoms with Crippen LogP contribution in [0.15, 0.2) is 24.3 Å². The van der Waals surface area contributed by atoms with E-state index in [1.807, 2.05) is 24.3 Å². The number of hydrogen-bond acceptors (Lipinski definition) is 4. The molecule has 0 aliphatic carbocycles. The average Bonchev–Trinajstić information content (AvgIpc) is 2.46. The number of nitrogens with zero attached hydrogens (tertiary/aromatic N) is 1. The predicted molar refractivity (Wildman–Crippen MR) is 87.6 cm³/mol. The van der Waals surface area contributed by atoms with E-state index in [1.54, 1.807) is 6.92 Å². The molecule has 1 aliphatic heterocycles. The Hall–Kier alpha value is -1.39. The second-order valence-corrected chi connectivity index (χ2v) is 6.15. The molecule has 1 aliphatic rings. The van der Waals surface area contributed by atoms with Gasteiger partial charge in [-0.2, -0.15) is 0 Å². The molecule has 4 heteroatoms. The molecule has 0 spiro atoms. The molecular weight excluding hydrogens is 278 g/mol. The summed E-state index contributed by atoms with van der Waals surface area (Å²) in [5, 5.41) is 0. The minimum atomic E-state index is 0.0838. The van der Waals surface area contributed by atoms with Crippen LogP contribution in [0.4, 0.5) is 0 Å². The van der Waals surface area contributed by atoms with E-state index < -0.39 is 0 Å². The zero-order valence-electron chi connectivity index (χ0n) is 13.9. The quantitative estimate of drug-likeness (QED) is 0.573. The van der Waals surface area contributed by atoms with Gasteiger partial charge in [0.2, 0.25) is 0 Å². The maximum atomic E-state index is 11.2. The van der Waals surface area contributed by atoms with E-state index in [4.69, 9.17) is 9.47 Å². The first kappa shape index (κ1) is 17.0. The zero-order chi connectivity index (χ0) is 15.9. The van der Waals surface area contributed by atoms with Crippen molar-refractivity contribution in [3.63, 3.8) is 0 Å². The summed E-state index contributed by atoms with van der Waals surface area (Å²) in [6.45, 7) is 9.71. The van der Waals surface area contributed by atoms with Crippen LogP contribution in [0.1, 0.15) is 44.0 Å². The summed E-state index contributed by atoms with van der Waals surface area (Å²) < 4.78 is 11.5. The van der Waals surface area contributed by atoms with Crippen molar-refractivity contribution in [3.05, 3.63) is 29.8 Å². The molecule has 0 unspecified atom stereocenters. The highest BCUT2D eigenvalue weighted by atomic mass is 16.5. The van der Waals surface area contributed by atoms with Crippen LogP contribution in [0.5, 0.6) is 5.75 Å². The Kier molecular flexibility index (Phi) is 6.40. The number of benzene rings is 1. The van der Waals surface area contributed by atoms with Gasteiger partial charge >= 0.3 is 0 Å². The maximum absolute atomic E-state index is 11.2. The predicted octanol–water partition coefficient (Wildman–Crippen LogP) is 3.16. The fourth-order valence-corrected chi connectivity index (χ4v) is 2.88. The Labute approximate surface area is 133 Å². The molecule has 1 saturated heterocycles. The standard InChI is InChI=1S/C18H27NO3/c1-14-12-19(13-15(2)22-14)10-4-5-11-21-18-8-6-17(7-9-18)16(3)20/h6-9,14-15H,4-5,10-13H2,1-3H3/t14-,15-/m1/s1. The first-order chi connectivity index (χ1) is 10.5. The Morgan fingerprint density at radius 2 is 1.82 bits per heavy atom. The van der Waals surface area contributed by atoms with Gasteiger partial charge < -0.3 is 9.47 Å². The molecule has 0 amide bonds. The Bertz CT molecular complexity index is 462. The summed E-state index contributed by atoms with van der Waals surface area (Å²) in [6, 6.07) is 7.35. The SMILES string of the molecule is CC(=O)c1ccc(OCCCCN2C[C@@H](C)O[C@H](C)C2)cc1. The second kappa shape index (κ2) is 8.30. The zero-order valence-corrected chi connectivity index (χ0v) is 13.9. The number of rotatable bonds is 7. The molecule has 22 heavy (non-hydrogen) atoms. The van der Waals surface area contributed by atoms with E-state index in [0.717, 1.165) is 50.4 Å². The van der Waals surface area contributed by atoms with Crippen molar-refractivity contribution in [1.29, 1.82) is 0 Å². The van der Waals surface area contributed by atoms with E-state index >= 15 is 0 Å². The van der Waals surface area contributed by atoms with Crippen LogP contribution in [0.2, 0.25) is 0 Å². The van der Waals surface area contributed by atoms with Gasteiger partial charge in [-0.3, -0.25) is 9.69 Å². The Balaban J connectivity index is 1.62. The molecule has 2 rings (SSSR count). The topological polar surface area (TPSA) is 38.8 Å². The van der Waals surface area contributed by atoms with Crippen molar-refractivity contribution in [2.24, 2.45) is 0 Å². The monoisotopic (exact) mass is 305 g/mol. The molecule has 2 atom stereocenters. The summed E-state index contributed by atoms with van der Waals surface area (Å²) in [5.41, 5.74) is 0.725. The van der Waals surface area contributed by atoms with Crippen LogP contribution < -0.4 is 4.74 Å². The van der Waals surface area contributed by atoms with Gasteiger partial charge in [0, 0.05) is 18.7 Å². The van der Waals surface area contributed by atoms with E-state index in [-0.39, 0.29) is 5.78 Å². The highest BCUT2D eigenvalue weighted by Crippen LogP contribution is 2.14. The summed E-state index contributed by atoms with van der Waals surface area (Å²) in [6.07, 6.45) is 2.83. The minimum absolute atomic E-state index is 0.0838. The molecule has 122 valence electrons. The number of carbonyl (C=O) groups is 1. The van der Waals surface area contributed by atoms with Crippen LogP contribution in [0.3, 0.4) is 0 Å². The smallest absolute Gasteiger partial charge is 0.159 e. The lowest BCUT2D eigenvalue weighted by Gasteiger charge is -2.35. The maximum Gasteiger partial charge on any atom is 0.159 e. The van der Waals surface area contributed by atoms with Crippen LogP contribution in [0, 0.1) is 0 Å². The van der Waals surface area contributed by atoms with Crippen LogP contribution in [-0.2, 0) is 4.74 Å². The van der Waals surface area contributed by atoms with Crippen molar-refractivity contribution in [3.8, 4) is 5.75 Å². The van der Waals surface area contributed by atoms with E-state index in [2.05, 4.69) is 18.7 Å². The van der Waals surface area contributed by atoms with Crippen molar-refractivity contribution in [2.75, 3.05) is 26.2 Å². The third kappa shape index (κ3) is 5.43. The third-order valence-electron chi connectivity index (χ3n) is 3.89. The fraction of sp³-hybridized carbons (Fsp3) is 0.611. The van der Waals surface area contributed by atoms with Crippen molar-refractivity contribution in [1.82, 2.24) is 4.90 Å². The average molecular weight is 305 g/mol. The number of morpholine rings is 1. The molecule has 0 bridgehead atoms. The molecule has 0 N–H and O–H groups in total. The number of unbranched alkanes of at least 4 members (excludes halogenated alkanes) is 1. The second-order valence-electron chi connectivity index (χ2n) is 6.15. The molecule has 4 nitrogen and oxygen atoms in total. The molecular formula is C18H27NO3. The van der Waals surface area contributed by atoms with Crippen LogP contribution in [-0.4, -0.2) is 49.1 Å². The van der Waals surface area contributed by atoms with Gasteiger partial charge in [-0.1, -0.05) is 0 Å². The summed E-state index contributed by atoms with van der Waals surface area (Å²) in [5.74, 6) is 0.916. The van der Waals surface area contributed by atoms with Gasteiger partial charge in [-0.25, -0.2) is 0 Å². The van der Waals surface area contributed by atoms with Gasteiger partial charge in [0.15, 0.2) is 5.78 Å². The van der Waals surface area contributed by atoms with Crippen molar-refractivity contribution < 1.29 is 14.3 Å². The lowest BCUT2D eigenvalue weighted by Crippen LogP contribution is -2.45. The first-order valence-electron chi connectivity index (χ1n) is 8.16. The number of ketones is 1. The molecule has 1 aromatic rings. The molecule has 1 aromatic carbocycles. The highest BCUT2D eigenvalue weighted by molar-refractivity contribution is 5.94. The van der Waals surface area contributed by atoms with Crippen molar-refractivity contribution in [2.45, 2.75) is 45.8 Å². The summed E-state index contributed by atoms with van der Waals surface area (Å²) >= 11 is 0. The Morgan fingerprint density at radius 1 is 1.18 bits per heavy atom. The van der Waals surface area contributed by atoms with Gasteiger partial charge in [0.1, 0.15) is 5.75 Å². The van der Waals surface area contributed by atoms with Crippen LogP contribution in [0.25, 0.3) is 0 Å². The molecule has 1 fully saturated rings. The van der Waals surface area contributed by atoms with Gasteiger partial charge in [-0.05, 0) is 64.4 Å². The lowest BCUT2D eigenvalue weighted by molar-refractivity contribution is -0.0682. The first-order valence-corrected chi connectivity index (χ1v) is 8.16. The normalized spacial score (nSPS) is 22.5. The van der Waals surface area contributed by atoms with Crippen LogP contribution >= 0.6 is 0 Å². The fourth-order valence-electron chi connectivity index (χ4n) is 2.88. The van der Waals surface area contributed by atoms with Gasteiger partial charge in [-0.15, -0.1) is 0 Å². The lowest BCUT2D eigenvalue weighted by atomic mass is 10.1. The Morgan fingerprint density at radius 3 is 2.41 bits per heavy atom. The van der Waals surface area contributed by atoms with E-state index in [1.165, 1.54) is 0 Å². The van der Waals surface area contributed by atoms with Crippen molar-refractivity contribution >= 4 is 5.78 Å². The minimum Gasteiger partial charge on any atom is -0.494 e. The molecule has 0 radical (unpaired) electrons. The molecule has 0 saturated carbocycles. The highest BCUT2D eigenvalue weighted by Gasteiger charge is 2.21. The molecule has 1 heterocycles. The number of Topliss-reactive ketones (excluding diaryl/α,β-unsaturated/α-hetero) is 1. The van der Waals surface area contributed by atoms with Gasteiger partial charge in [0.05, 0.1) is 18.8 Å². The molecule has 0 aromatic heterocycles. The number of carbonyl (C=O) groups excluding carboxylic acids is 1.